The van der Waals surface area contributed by atoms with E-state index in [0.29, 0.717) is 45.9 Å². The monoisotopic (exact) mass is 571 g/mol. The molecule has 0 amide bonds. The molecule has 0 atom stereocenters. The second kappa shape index (κ2) is 8.88. The Kier molecular flexibility index (Phi) is 5.12. The molecule has 1 radical (unpaired) electrons. The van der Waals surface area contributed by atoms with E-state index < -0.39 is 0 Å². The van der Waals surface area contributed by atoms with Crippen molar-refractivity contribution in [2.24, 2.45) is 0 Å². The molecule has 8 bridgehead atoms. The summed E-state index contributed by atoms with van der Waals surface area (Å²) >= 11 is 0. The van der Waals surface area contributed by atoms with Crippen LogP contribution in [0.1, 0.15) is 0 Å². The fraction of sp³-hybridized carbons (Fsp3) is 0. The number of fused-ring (bicyclic) bond motifs is 20. The van der Waals surface area contributed by atoms with Gasteiger partial charge in [-0.25, -0.2) is 15.0 Å². The minimum absolute atomic E-state index is 0. The van der Waals surface area contributed by atoms with Crippen LogP contribution in [0.3, 0.4) is 0 Å². The van der Waals surface area contributed by atoms with Crippen molar-refractivity contribution in [2.75, 3.05) is 0 Å². The quantitative estimate of drug-likeness (QED) is 0.214. The smallest absolute Gasteiger partial charge is 0.163 e. The zero-order valence-electron chi connectivity index (χ0n) is 21.1. The Morgan fingerprint density at radius 2 is 0.585 bits per heavy atom. The van der Waals surface area contributed by atoms with Gasteiger partial charge in [0.15, 0.2) is 11.6 Å². The molecule has 3 aromatic heterocycles. The molecule has 0 fully saturated rings. The standard InChI is InChI=1S/C32H16N8.Co/c1-2-10-18-17(9-1)25-33-26(18)38-28-21-13-5-6-14-22(21)30(35-28)40-32-24-16-8-7-15-23(24)31(36-32)39-29-20-12-4-3-11-19(20)27(34-29)37-25;/h1-16H;/q-2;. The summed E-state index contributed by atoms with van der Waals surface area (Å²) in [7, 11) is 0. The first-order valence-corrected chi connectivity index (χ1v) is 12.9. The van der Waals surface area contributed by atoms with Crippen LogP contribution in [-0.2, 0) is 16.8 Å². The number of aromatic nitrogens is 8. The van der Waals surface area contributed by atoms with Gasteiger partial charge in [0.2, 0.25) is 0 Å². The molecule has 9 heteroatoms. The maximum atomic E-state index is 4.95. The fourth-order valence-corrected chi connectivity index (χ4v) is 5.46. The van der Waals surface area contributed by atoms with Crippen LogP contribution in [0, 0.1) is 0 Å². The number of hydrogen-bond donors (Lipinski definition) is 0. The Balaban J connectivity index is 0.00000256. The van der Waals surface area contributed by atoms with E-state index in [0.717, 1.165) is 43.8 Å². The molecule has 2 aliphatic heterocycles. The molecule has 41 heavy (non-hydrogen) atoms. The molecule has 2 aliphatic rings. The molecular weight excluding hydrogens is 555 g/mol. The summed E-state index contributed by atoms with van der Waals surface area (Å²) in [6, 6.07) is 31.8. The first kappa shape index (κ1) is 23.6. The van der Waals surface area contributed by atoms with Crippen LogP contribution in [0.25, 0.3) is 89.7 Å². The molecule has 195 valence electrons. The summed E-state index contributed by atoms with van der Waals surface area (Å²) in [5, 5.41) is 3.57. The summed E-state index contributed by atoms with van der Waals surface area (Å²) in [4.78, 5) is 39.3. The van der Waals surface area contributed by atoms with Gasteiger partial charge in [-0.3, -0.25) is 0 Å². The van der Waals surface area contributed by atoms with Crippen LogP contribution >= 0.6 is 0 Å². The van der Waals surface area contributed by atoms with Gasteiger partial charge in [0.05, 0.1) is 11.6 Å². The Bertz CT molecular complexity index is 2190. The molecule has 8 nitrogen and oxygen atoms in total. The number of nitrogens with zero attached hydrogens (tertiary/aromatic N) is 8. The number of benzene rings is 4. The van der Waals surface area contributed by atoms with Crippen molar-refractivity contribution in [3.8, 4) is 45.6 Å². The third-order valence-corrected chi connectivity index (χ3v) is 7.33. The average Bonchev–Trinajstić information content (AvgIpc) is 3.73. The normalized spacial score (nSPS) is 11.7. The maximum absolute atomic E-state index is 4.95. The van der Waals surface area contributed by atoms with Crippen molar-refractivity contribution in [1.82, 2.24) is 39.9 Å². The number of hydrogen-bond acceptors (Lipinski definition) is 6. The van der Waals surface area contributed by atoms with E-state index in [4.69, 9.17) is 39.9 Å². The van der Waals surface area contributed by atoms with Gasteiger partial charge in [0.1, 0.15) is 0 Å². The predicted molar refractivity (Wildman–Crippen MR) is 154 cm³/mol. The van der Waals surface area contributed by atoms with Crippen molar-refractivity contribution in [3.05, 3.63) is 97.1 Å². The molecule has 7 aromatic rings. The minimum Gasteiger partial charge on any atom is -0.357 e. The van der Waals surface area contributed by atoms with Crippen LogP contribution < -0.4 is 9.97 Å². The second-order valence-electron chi connectivity index (χ2n) is 9.67. The van der Waals surface area contributed by atoms with Crippen LogP contribution in [0.2, 0.25) is 0 Å². The molecule has 0 aliphatic carbocycles. The van der Waals surface area contributed by atoms with E-state index in [2.05, 4.69) is 0 Å². The van der Waals surface area contributed by atoms with Crippen molar-refractivity contribution < 1.29 is 16.8 Å². The molecule has 9 rings (SSSR count). The average molecular weight is 571 g/mol. The van der Waals surface area contributed by atoms with Crippen LogP contribution in [0.5, 0.6) is 0 Å². The van der Waals surface area contributed by atoms with E-state index in [1.165, 1.54) is 0 Å². The van der Waals surface area contributed by atoms with Gasteiger partial charge in [-0.15, -0.1) is 0 Å². The molecule has 0 saturated carbocycles. The molecule has 0 N–H and O–H groups in total. The summed E-state index contributed by atoms with van der Waals surface area (Å²) < 4.78 is 0. The van der Waals surface area contributed by atoms with Gasteiger partial charge >= 0.3 is 0 Å². The molecule has 5 heterocycles. The van der Waals surface area contributed by atoms with Gasteiger partial charge in [0, 0.05) is 61.6 Å². The molecule has 0 saturated heterocycles. The Morgan fingerprint density at radius 3 is 0.927 bits per heavy atom. The first-order chi connectivity index (χ1) is 19.8. The molecule has 0 unspecified atom stereocenters. The Labute approximate surface area is 242 Å². The zero-order valence-corrected chi connectivity index (χ0v) is 22.2. The van der Waals surface area contributed by atoms with Gasteiger partial charge in [-0.05, 0) is 21.5 Å². The van der Waals surface area contributed by atoms with Gasteiger partial charge in [-0.2, -0.15) is 0 Å². The third kappa shape index (κ3) is 3.53. The Hall–Kier alpha value is -5.25. The van der Waals surface area contributed by atoms with E-state index >= 15 is 0 Å². The van der Waals surface area contributed by atoms with Crippen LogP contribution in [-0.4, -0.2) is 29.9 Å². The van der Waals surface area contributed by atoms with Gasteiger partial charge in [0.25, 0.3) is 0 Å². The van der Waals surface area contributed by atoms with Gasteiger partial charge < -0.3 is 24.9 Å². The van der Waals surface area contributed by atoms with Crippen LogP contribution in [0.4, 0.5) is 0 Å². The summed E-state index contributed by atoms with van der Waals surface area (Å²) in [6.07, 6.45) is 0. The van der Waals surface area contributed by atoms with Crippen LogP contribution in [0.15, 0.2) is 97.1 Å². The van der Waals surface area contributed by atoms with Crippen molar-refractivity contribution in [1.29, 1.82) is 0 Å². The Morgan fingerprint density at radius 1 is 0.317 bits per heavy atom. The van der Waals surface area contributed by atoms with E-state index in [1.54, 1.807) is 0 Å². The van der Waals surface area contributed by atoms with E-state index in [1.807, 2.05) is 97.1 Å². The number of rotatable bonds is 0. The maximum Gasteiger partial charge on any atom is 0.163 e. The molecule has 4 aromatic carbocycles. The largest absolute Gasteiger partial charge is 0.357 e. The van der Waals surface area contributed by atoms with E-state index in [9.17, 15) is 0 Å². The summed E-state index contributed by atoms with van der Waals surface area (Å²) in [5.74, 6) is 2.21. The topological polar surface area (TPSA) is 106 Å². The fourth-order valence-electron chi connectivity index (χ4n) is 5.46. The molecule has 0 spiro atoms. The third-order valence-electron chi connectivity index (χ3n) is 7.33. The van der Waals surface area contributed by atoms with Crippen molar-refractivity contribution >= 4 is 44.1 Å². The summed E-state index contributed by atoms with van der Waals surface area (Å²) in [6.45, 7) is 0. The SMILES string of the molecule is [Co].c1ccc2c(c1)-c1nc3nc(nc4[n-]c(nc5[n-]c(nc-2n1)c1ccccc51)c1ccccc41)-c1ccccc1-3. The second-order valence-corrected chi connectivity index (χ2v) is 9.67. The summed E-state index contributed by atoms with van der Waals surface area (Å²) in [5.41, 5.74) is 5.78. The minimum atomic E-state index is 0. The first-order valence-electron chi connectivity index (χ1n) is 12.9. The molecular formula is C32H16CoN8-2. The van der Waals surface area contributed by atoms with Crippen molar-refractivity contribution in [2.45, 2.75) is 0 Å². The van der Waals surface area contributed by atoms with E-state index in [-0.39, 0.29) is 16.8 Å². The predicted octanol–water partition coefficient (Wildman–Crippen LogP) is 6.12. The van der Waals surface area contributed by atoms with Crippen molar-refractivity contribution in [3.63, 3.8) is 0 Å². The van der Waals surface area contributed by atoms with Gasteiger partial charge in [-0.1, -0.05) is 97.1 Å². The zero-order chi connectivity index (χ0) is 26.2.